The van der Waals surface area contributed by atoms with Gasteiger partial charge in [-0.2, -0.15) is 11.8 Å². The number of thioether (sulfide) groups is 1. The second-order valence-electron chi connectivity index (χ2n) is 5.27. The number of carbonyl (C=O) groups excluding carboxylic acids is 1. The Morgan fingerprint density at radius 1 is 1.47 bits per heavy atom. The molecule has 1 atom stereocenters. The lowest BCUT2D eigenvalue weighted by Crippen LogP contribution is -2.37. The van der Waals surface area contributed by atoms with Crippen molar-refractivity contribution in [2.24, 2.45) is 0 Å². The quantitative estimate of drug-likeness (QED) is 0.815. The fourth-order valence-electron chi connectivity index (χ4n) is 1.67. The van der Waals surface area contributed by atoms with Crippen molar-refractivity contribution < 1.29 is 9.53 Å². The second kappa shape index (κ2) is 7.11. The van der Waals surface area contributed by atoms with Crippen LogP contribution in [0.5, 0.6) is 0 Å². The number of rotatable bonds is 3. The molecule has 0 aromatic heterocycles. The van der Waals surface area contributed by atoms with Crippen LogP contribution < -0.4 is 10.6 Å². The third kappa shape index (κ3) is 7.49. The maximum Gasteiger partial charge on any atom is 0.407 e. The molecule has 0 aliphatic carbocycles. The van der Waals surface area contributed by atoms with Crippen LogP contribution in [-0.4, -0.2) is 42.3 Å². The maximum absolute atomic E-state index is 11.4. The van der Waals surface area contributed by atoms with Crippen LogP contribution in [0.2, 0.25) is 0 Å². The molecule has 1 rings (SSSR count). The summed E-state index contributed by atoms with van der Waals surface area (Å²) in [6.07, 6.45) is 1.83. The molecule has 1 heterocycles. The smallest absolute Gasteiger partial charge is 0.407 e. The van der Waals surface area contributed by atoms with Crippen LogP contribution in [0, 0.1) is 0 Å². The number of nitrogens with one attached hydrogen (secondary N) is 2. The summed E-state index contributed by atoms with van der Waals surface area (Å²) in [5.41, 5.74) is -0.415. The molecule has 0 radical (unpaired) electrons. The Morgan fingerprint density at radius 3 is 2.94 bits per heavy atom. The highest BCUT2D eigenvalue weighted by atomic mass is 32.2. The van der Waals surface area contributed by atoms with E-state index in [-0.39, 0.29) is 6.09 Å². The van der Waals surface area contributed by atoms with Crippen LogP contribution in [-0.2, 0) is 4.74 Å². The normalized spacial score (nSPS) is 21.7. The highest BCUT2D eigenvalue weighted by Crippen LogP contribution is 2.11. The fourth-order valence-corrected chi connectivity index (χ4v) is 2.59. The van der Waals surface area contributed by atoms with Crippen LogP contribution in [0.25, 0.3) is 0 Å². The Bertz CT molecular complexity index is 233. The number of amides is 1. The van der Waals surface area contributed by atoms with Crippen molar-refractivity contribution in [1.82, 2.24) is 10.6 Å². The molecule has 0 aromatic rings. The molecule has 2 N–H and O–H groups in total. The molecule has 1 aliphatic heterocycles. The van der Waals surface area contributed by atoms with Gasteiger partial charge in [-0.1, -0.05) is 0 Å². The molecule has 1 aliphatic rings. The van der Waals surface area contributed by atoms with Crippen LogP contribution in [0.1, 0.15) is 33.6 Å². The summed E-state index contributed by atoms with van der Waals surface area (Å²) in [4.78, 5) is 11.4. The minimum absolute atomic E-state index is 0.319. The zero-order valence-corrected chi connectivity index (χ0v) is 11.9. The molecule has 0 bridgehead atoms. The standard InChI is InChI=1S/C12H24N2O2S/c1-12(2,3)16-11(15)14-6-4-10-5-8-17-9-7-13-10/h10,13H,4-9H2,1-3H3,(H,14,15). The number of hydrogen-bond donors (Lipinski definition) is 2. The van der Waals surface area contributed by atoms with Crippen molar-refractivity contribution in [2.75, 3.05) is 24.6 Å². The lowest BCUT2D eigenvalue weighted by atomic mass is 10.1. The van der Waals surface area contributed by atoms with E-state index in [9.17, 15) is 4.79 Å². The number of hydrogen-bond acceptors (Lipinski definition) is 4. The predicted octanol–water partition coefficient (Wildman–Crippen LogP) is 2.00. The van der Waals surface area contributed by atoms with Crippen molar-refractivity contribution in [3.63, 3.8) is 0 Å². The van der Waals surface area contributed by atoms with Crippen LogP contribution in [0.4, 0.5) is 4.79 Å². The molecule has 0 spiro atoms. The Kier molecular flexibility index (Phi) is 6.12. The summed E-state index contributed by atoms with van der Waals surface area (Å²) >= 11 is 1.99. The Labute approximate surface area is 108 Å². The first-order valence-electron chi connectivity index (χ1n) is 6.25. The molecule has 4 nitrogen and oxygen atoms in total. The van der Waals surface area contributed by atoms with Crippen LogP contribution in [0.15, 0.2) is 0 Å². The molecular weight excluding hydrogens is 236 g/mol. The third-order valence-corrected chi connectivity index (χ3v) is 3.47. The van der Waals surface area contributed by atoms with Crippen LogP contribution in [0.3, 0.4) is 0 Å². The predicted molar refractivity (Wildman–Crippen MR) is 72.6 cm³/mol. The Morgan fingerprint density at radius 2 is 2.24 bits per heavy atom. The molecule has 0 saturated carbocycles. The van der Waals surface area contributed by atoms with E-state index >= 15 is 0 Å². The van der Waals surface area contributed by atoms with Crippen molar-refractivity contribution in [2.45, 2.75) is 45.3 Å². The SMILES string of the molecule is CC(C)(C)OC(=O)NCCC1CCSCCN1. The monoisotopic (exact) mass is 260 g/mol. The van der Waals surface area contributed by atoms with Gasteiger partial charge in [-0.3, -0.25) is 0 Å². The first-order chi connectivity index (χ1) is 7.97. The van der Waals surface area contributed by atoms with Gasteiger partial charge in [-0.25, -0.2) is 4.79 Å². The molecule has 1 fully saturated rings. The van der Waals surface area contributed by atoms with Gasteiger partial charge in [-0.15, -0.1) is 0 Å². The van der Waals surface area contributed by atoms with Gasteiger partial charge in [0.2, 0.25) is 0 Å². The lowest BCUT2D eigenvalue weighted by Gasteiger charge is -2.20. The van der Waals surface area contributed by atoms with E-state index < -0.39 is 5.60 Å². The van der Waals surface area contributed by atoms with Gasteiger partial charge in [0.25, 0.3) is 0 Å². The summed E-state index contributed by atoms with van der Waals surface area (Å²) in [5, 5.41) is 6.29. The van der Waals surface area contributed by atoms with Gasteiger partial charge in [0, 0.05) is 24.9 Å². The summed E-state index contributed by atoms with van der Waals surface area (Å²) < 4.78 is 5.18. The van der Waals surface area contributed by atoms with E-state index in [1.54, 1.807) is 0 Å². The highest BCUT2D eigenvalue weighted by molar-refractivity contribution is 7.99. The molecular formula is C12H24N2O2S. The molecule has 17 heavy (non-hydrogen) atoms. The van der Waals surface area contributed by atoms with Crippen molar-refractivity contribution in [3.8, 4) is 0 Å². The minimum atomic E-state index is -0.415. The van der Waals surface area contributed by atoms with Gasteiger partial charge in [0.1, 0.15) is 5.60 Å². The fraction of sp³-hybridized carbons (Fsp3) is 0.917. The molecule has 1 unspecified atom stereocenters. The van der Waals surface area contributed by atoms with E-state index in [2.05, 4.69) is 10.6 Å². The van der Waals surface area contributed by atoms with Gasteiger partial charge in [0.15, 0.2) is 0 Å². The minimum Gasteiger partial charge on any atom is -0.444 e. The van der Waals surface area contributed by atoms with Crippen molar-refractivity contribution >= 4 is 17.9 Å². The average Bonchev–Trinajstić information content (AvgIpc) is 2.43. The molecule has 1 amide bonds. The van der Waals surface area contributed by atoms with Crippen molar-refractivity contribution in [1.29, 1.82) is 0 Å². The molecule has 1 saturated heterocycles. The largest absolute Gasteiger partial charge is 0.444 e. The van der Waals surface area contributed by atoms with Gasteiger partial charge in [0.05, 0.1) is 0 Å². The molecule has 100 valence electrons. The van der Waals surface area contributed by atoms with Gasteiger partial charge in [-0.05, 0) is 39.4 Å². The van der Waals surface area contributed by atoms with E-state index in [0.717, 1.165) is 13.0 Å². The summed E-state index contributed by atoms with van der Waals surface area (Å²) in [5.74, 6) is 2.40. The Hall–Kier alpha value is -0.420. The topological polar surface area (TPSA) is 50.4 Å². The summed E-state index contributed by atoms with van der Waals surface area (Å²) in [6.45, 7) is 7.36. The van der Waals surface area contributed by atoms with E-state index in [1.165, 1.54) is 17.9 Å². The zero-order chi connectivity index (χ0) is 12.7. The molecule has 0 aromatic carbocycles. The summed E-state index contributed by atoms with van der Waals surface area (Å²) in [7, 11) is 0. The highest BCUT2D eigenvalue weighted by Gasteiger charge is 2.16. The second-order valence-corrected chi connectivity index (χ2v) is 6.49. The first kappa shape index (κ1) is 14.6. The van der Waals surface area contributed by atoms with E-state index in [4.69, 9.17) is 4.74 Å². The van der Waals surface area contributed by atoms with Crippen molar-refractivity contribution in [3.05, 3.63) is 0 Å². The zero-order valence-electron chi connectivity index (χ0n) is 11.0. The van der Waals surface area contributed by atoms with E-state index in [1.807, 2.05) is 32.5 Å². The van der Waals surface area contributed by atoms with Gasteiger partial charge < -0.3 is 15.4 Å². The Balaban J connectivity index is 2.12. The summed E-state index contributed by atoms with van der Waals surface area (Å²) in [6, 6.07) is 0.528. The lowest BCUT2D eigenvalue weighted by molar-refractivity contribution is 0.0526. The third-order valence-electron chi connectivity index (χ3n) is 2.45. The maximum atomic E-state index is 11.4. The average molecular weight is 260 g/mol. The van der Waals surface area contributed by atoms with E-state index in [0.29, 0.717) is 12.6 Å². The number of carbonyl (C=O) groups is 1. The first-order valence-corrected chi connectivity index (χ1v) is 7.41. The van der Waals surface area contributed by atoms with Gasteiger partial charge >= 0.3 is 6.09 Å². The molecule has 5 heteroatoms. The number of alkyl carbamates (subject to hydrolysis) is 1. The number of ether oxygens (including phenoxy) is 1. The van der Waals surface area contributed by atoms with Crippen LogP contribution >= 0.6 is 11.8 Å².